The number of nitrogens with zero attached hydrogens (tertiary/aromatic N) is 1. The van der Waals surface area contributed by atoms with Crippen LogP contribution in [0.5, 0.6) is 5.75 Å². The zero-order valence-electron chi connectivity index (χ0n) is 15.2. The van der Waals surface area contributed by atoms with Crippen LogP contribution in [0.3, 0.4) is 0 Å². The van der Waals surface area contributed by atoms with Crippen LogP contribution in [0.15, 0.2) is 58.4 Å². The van der Waals surface area contributed by atoms with Crippen LogP contribution in [-0.2, 0) is 14.3 Å². The molecule has 2 amide bonds. The number of amides is 2. The van der Waals surface area contributed by atoms with E-state index in [2.05, 4.69) is 15.0 Å². The van der Waals surface area contributed by atoms with Crippen LogP contribution in [0, 0.1) is 0 Å². The number of hydrogen-bond donors (Lipinski definition) is 1. The summed E-state index contributed by atoms with van der Waals surface area (Å²) >= 11 is 6.88. The van der Waals surface area contributed by atoms with E-state index >= 15 is 0 Å². The average Bonchev–Trinajstić information content (AvgIpc) is 3.06. The molecule has 1 aliphatic heterocycles. The molecule has 9 heteroatoms. The Morgan fingerprint density at radius 2 is 1.83 bits per heavy atom. The van der Waals surface area contributed by atoms with Crippen LogP contribution in [0.2, 0.25) is 5.02 Å². The van der Waals surface area contributed by atoms with E-state index in [9.17, 15) is 14.4 Å². The Balaban J connectivity index is 1.66. The topological polar surface area (TPSA) is 94.1 Å². The van der Waals surface area contributed by atoms with Crippen molar-refractivity contribution in [2.24, 2.45) is 4.99 Å². The molecule has 0 atom stereocenters. The highest BCUT2D eigenvalue weighted by Crippen LogP contribution is 2.27. The lowest BCUT2D eigenvalue weighted by Gasteiger charge is -2.04. The number of carbonyl (C=O) groups excluding carboxylic acids is 3. The van der Waals surface area contributed by atoms with Crippen LogP contribution >= 0.6 is 23.4 Å². The summed E-state index contributed by atoms with van der Waals surface area (Å²) in [6, 6.07) is 13.1. The Morgan fingerprint density at radius 1 is 1.14 bits per heavy atom. The summed E-state index contributed by atoms with van der Waals surface area (Å²) in [6.45, 7) is -0.184. The Hall–Kier alpha value is -3.10. The van der Waals surface area contributed by atoms with E-state index in [0.29, 0.717) is 21.2 Å². The standard InChI is InChI=1S/C20H15ClN2O5S/c1-27-17(24)11-28-15-8-2-12(3-9-15)10-16-19(26)23-20(29-16)22-18(25)13-4-6-14(21)7-5-13/h2-10H,11H2,1H3,(H,22,23,25,26)/b16-10-. The number of carbonyl (C=O) groups is 3. The van der Waals surface area contributed by atoms with E-state index in [4.69, 9.17) is 16.3 Å². The zero-order valence-corrected chi connectivity index (χ0v) is 16.8. The molecule has 0 aromatic heterocycles. The maximum atomic E-state index is 12.2. The molecule has 3 rings (SSSR count). The minimum atomic E-state index is -0.477. The number of hydrogen-bond acceptors (Lipinski definition) is 6. The monoisotopic (exact) mass is 430 g/mol. The molecule has 1 aliphatic rings. The summed E-state index contributed by atoms with van der Waals surface area (Å²) in [5, 5.41) is 3.30. The summed E-state index contributed by atoms with van der Waals surface area (Å²) in [4.78, 5) is 39.8. The number of esters is 1. The van der Waals surface area contributed by atoms with Gasteiger partial charge in [-0.05, 0) is 59.8 Å². The van der Waals surface area contributed by atoms with Gasteiger partial charge in [0.05, 0.1) is 12.0 Å². The summed E-state index contributed by atoms with van der Waals surface area (Å²) < 4.78 is 9.78. The lowest BCUT2D eigenvalue weighted by Crippen LogP contribution is -2.20. The fraction of sp³-hybridized carbons (Fsp3) is 0.100. The third-order valence-corrected chi connectivity index (χ3v) is 4.87. The van der Waals surface area contributed by atoms with Gasteiger partial charge in [0, 0.05) is 10.6 Å². The molecular weight excluding hydrogens is 416 g/mol. The van der Waals surface area contributed by atoms with Crippen molar-refractivity contribution in [3.8, 4) is 5.75 Å². The predicted octanol–water partition coefficient (Wildman–Crippen LogP) is 3.29. The highest BCUT2D eigenvalue weighted by Gasteiger charge is 2.24. The Bertz CT molecular complexity index is 1000. The number of amidine groups is 1. The highest BCUT2D eigenvalue weighted by atomic mass is 35.5. The molecule has 0 radical (unpaired) electrons. The van der Waals surface area contributed by atoms with Crippen LogP contribution in [-0.4, -0.2) is 36.7 Å². The van der Waals surface area contributed by atoms with Crippen LogP contribution in [0.4, 0.5) is 0 Å². The fourth-order valence-electron chi connectivity index (χ4n) is 2.24. The first-order valence-corrected chi connectivity index (χ1v) is 9.53. The van der Waals surface area contributed by atoms with Crippen molar-refractivity contribution in [2.75, 3.05) is 13.7 Å². The number of halogens is 1. The SMILES string of the molecule is COC(=O)COc1ccc(/C=C2\SC(=NC(=O)c3ccc(Cl)cc3)NC2=O)cc1. The third kappa shape index (κ3) is 5.69. The van der Waals surface area contributed by atoms with Crippen molar-refractivity contribution in [3.63, 3.8) is 0 Å². The first kappa shape index (κ1) is 20.6. The van der Waals surface area contributed by atoms with Crippen molar-refractivity contribution < 1.29 is 23.9 Å². The van der Waals surface area contributed by atoms with Gasteiger partial charge in [-0.25, -0.2) is 4.79 Å². The third-order valence-electron chi connectivity index (χ3n) is 3.71. The number of rotatable bonds is 5. The second kappa shape index (κ2) is 9.40. The summed E-state index contributed by atoms with van der Waals surface area (Å²) in [7, 11) is 1.28. The highest BCUT2D eigenvalue weighted by molar-refractivity contribution is 8.18. The molecule has 0 unspecified atom stereocenters. The van der Waals surface area contributed by atoms with Gasteiger partial charge in [-0.1, -0.05) is 23.7 Å². The van der Waals surface area contributed by atoms with E-state index in [1.165, 1.54) is 7.11 Å². The summed E-state index contributed by atoms with van der Waals surface area (Å²) in [5.74, 6) is -0.798. The van der Waals surface area contributed by atoms with Crippen molar-refractivity contribution in [1.82, 2.24) is 5.32 Å². The molecule has 7 nitrogen and oxygen atoms in total. The molecule has 1 fully saturated rings. The molecule has 1 heterocycles. The van der Waals surface area contributed by atoms with Crippen molar-refractivity contribution in [1.29, 1.82) is 0 Å². The van der Waals surface area contributed by atoms with Gasteiger partial charge in [0.15, 0.2) is 11.8 Å². The Kier molecular flexibility index (Phi) is 6.69. The Morgan fingerprint density at radius 3 is 2.48 bits per heavy atom. The van der Waals surface area contributed by atoms with Gasteiger partial charge < -0.3 is 14.8 Å². The largest absolute Gasteiger partial charge is 0.482 e. The smallest absolute Gasteiger partial charge is 0.343 e. The van der Waals surface area contributed by atoms with E-state index in [-0.39, 0.29) is 17.7 Å². The van der Waals surface area contributed by atoms with Gasteiger partial charge in [0.2, 0.25) is 0 Å². The molecule has 0 aliphatic carbocycles. The summed E-state index contributed by atoms with van der Waals surface area (Å²) in [6.07, 6.45) is 1.67. The lowest BCUT2D eigenvalue weighted by atomic mass is 10.2. The molecule has 0 saturated carbocycles. The molecule has 2 aromatic rings. The Labute approximate surface area is 175 Å². The number of ether oxygens (including phenoxy) is 2. The first-order chi connectivity index (χ1) is 13.9. The van der Waals surface area contributed by atoms with Gasteiger partial charge in [0.1, 0.15) is 5.75 Å². The number of methoxy groups -OCH3 is 1. The lowest BCUT2D eigenvalue weighted by molar-refractivity contribution is -0.142. The minimum absolute atomic E-state index is 0.184. The van der Waals surface area contributed by atoms with Gasteiger partial charge in [-0.3, -0.25) is 9.59 Å². The van der Waals surface area contributed by atoms with E-state index in [1.807, 2.05) is 0 Å². The zero-order chi connectivity index (χ0) is 20.8. The van der Waals surface area contributed by atoms with Crippen LogP contribution in [0.25, 0.3) is 6.08 Å². The number of benzene rings is 2. The van der Waals surface area contributed by atoms with E-state index in [1.54, 1.807) is 54.6 Å². The number of nitrogens with one attached hydrogen (secondary N) is 1. The first-order valence-electron chi connectivity index (χ1n) is 8.34. The quantitative estimate of drug-likeness (QED) is 0.577. The molecule has 29 heavy (non-hydrogen) atoms. The normalized spacial score (nSPS) is 16.0. The minimum Gasteiger partial charge on any atom is -0.482 e. The van der Waals surface area contributed by atoms with Crippen molar-refractivity contribution in [3.05, 3.63) is 69.6 Å². The number of aliphatic imine (C=N–C) groups is 1. The van der Waals surface area contributed by atoms with Gasteiger partial charge in [-0.15, -0.1) is 0 Å². The molecule has 1 N–H and O–H groups in total. The van der Waals surface area contributed by atoms with Gasteiger partial charge >= 0.3 is 5.97 Å². The number of thioether (sulfide) groups is 1. The fourth-order valence-corrected chi connectivity index (χ4v) is 3.19. The van der Waals surface area contributed by atoms with E-state index < -0.39 is 11.9 Å². The van der Waals surface area contributed by atoms with Crippen molar-refractivity contribution in [2.45, 2.75) is 0 Å². The molecule has 2 aromatic carbocycles. The maximum Gasteiger partial charge on any atom is 0.343 e. The van der Waals surface area contributed by atoms with Crippen LogP contribution < -0.4 is 10.1 Å². The van der Waals surface area contributed by atoms with Crippen molar-refractivity contribution >= 4 is 52.4 Å². The predicted molar refractivity (Wildman–Crippen MR) is 111 cm³/mol. The van der Waals surface area contributed by atoms with E-state index in [0.717, 1.165) is 17.3 Å². The average molecular weight is 431 g/mol. The summed E-state index contributed by atoms with van der Waals surface area (Å²) in [5.41, 5.74) is 1.12. The molecule has 0 bridgehead atoms. The molecule has 148 valence electrons. The van der Waals surface area contributed by atoms with Gasteiger partial charge in [0.25, 0.3) is 11.8 Å². The van der Waals surface area contributed by atoms with Crippen LogP contribution in [0.1, 0.15) is 15.9 Å². The molecule has 1 saturated heterocycles. The second-order valence-electron chi connectivity index (χ2n) is 5.73. The molecule has 0 spiro atoms. The van der Waals surface area contributed by atoms with Gasteiger partial charge in [-0.2, -0.15) is 4.99 Å². The second-order valence-corrected chi connectivity index (χ2v) is 7.19. The molecular formula is C20H15ClN2O5S. The maximum absolute atomic E-state index is 12.2.